The molecule has 0 aromatic carbocycles. The molecule has 0 aliphatic carbocycles. The van der Waals surface area contributed by atoms with Crippen LogP contribution in [0.1, 0.15) is 25.8 Å². The summed E-state index contributed by atoms with van der Waals surface area (Å²) >= 11 is 5.90. The molecular formula is C17H19ClF3N3O2. The molecule has 2 aromatic heterocycles. The summed E-state index contributed by atoms with van der Waals surface area (Å²) in [4.78, 5) is 8.01. The number of aliphatic hydroxyl groups is 2. The van der Waals surface area contributed by atoms with Gasteiger partial charge in [0.1, 0.15) is 5.15 Å². The van der Waals surface area contributed by atoms with Crippen molar-refractivity contribution in [3.63, 3.8) is 0 Å². The monoisotopic (exact) mass is 389 g/mol. The minimum absolute atomic E-state index is 0.241. The van der Waals surface area contributed by atoms with E-state index in [-0.39, 0.29) is 10.7 Å². The van der Waals surface area contributed by atoms with Crippen LogP contribution >= 0.6 is 11.6 Å². The second kappa shape index (κ2) is 7.77. The molecule has 2 aromatic rings. The van der Waals surface area contributed by atoms with Gasteiger partial charge in [-0.1, -0.05) is 17.7 Å². The Hall–Kier alpha value is -1.90. The Bertz CT molecular complexity index is 750. The molecule has 3 N–H and O–H groups in total. The Labute approximate surface area is 153 Å². The van der Waals surface area contributed by atoms with Crippen LogP contribution in [0.4, 0.5) is 18.9 Å². The van der Waals surface area contributed by atoms with Gasteiger partial charge < -0.3 is 15.5 Å². The molecule has 0 aliphatic heterocycles. The predicted octanol–water partition coefficient (Wildman–Crippen LogP) is 3.75. The van der Waals surface area contributed by atoms with Gasteiger partial charge in [0.2, 0.25) is 0 Å². The molecule has 2 rings (SSSR count). The average molecular weight is 390 g/mol. The van der Waals surface area contributed by atoms with Crippen molar-refractivity contribution >= 4 is 17.3 Å². The van der Waals surface area contributed by atoms with Crippen LogP contribution in [0.25, 0.3) is 11.3 Å². The number of nitrogens with one attached hydrogen (secondary N) is 1. The number of aromatic nitrogens is 2. The molecule has 0 radical (unpaired) electrons. The molecule has 0 fully saturated rings. The minimum Gasteiger partial charge on any atom is -0.393 e. The first-order chi connectivity index (χ1) is 12.0. The summed E-state index contributed by atoms with van der Waals surface area (Å²) in [5, 5.41) is 22.4. The largest absolute Gasteiger partial charge is 0.421 e. The molecule has 0 saturated carbocycles. The second-order valence-electron chi connectivity index (χ2n) is 6.12. The highest BCUT2D eigenvalue weighted by atomic mass is 35.5. The van der Waals surface area contributed by atoms with Crippen molar-refractivity contribution in [3.8, 4) is 11.3 Å². The fourth-order valence-electron chi connectivity index (χ4n) is 2.20. The van der Waals surface area contributed by atoms with E-state index in [9.17, 15) is 23.4 Å². The van der Waals surface area contributed by atoms with Crippen molar-refractivity contribution in [2.75, 3.05) is 11.9 Å². The number of aliphatic hydroxyl groups excluding tert-OH is 1. The number of halogens is 4. The number of pyridine rings is 2. The molecule has 1 unspecified atom stereocenters. The summed E-state index contributed by atoms with van der Waals surface area (Å²) in [7, 11) is 0. The van der Waals surface area contributed by atoms with Gasteiger partial charge in [0.05, 0.1) is 11.8 Å². The number of anilines is 1. The van der Waals surface area contributed by atoms with E-state index in [1.54, 1.807) is 13.0 Å². The molecule has 0 aliphatic rings. The van der Waals surface area contributed by atoms with E-state index in [4.69, 9.17) is 11.6 Å². The van der Waals surface area contributed by atoms with Gasteiger partial charge in [-0.05, 0) is 32.4 Å². The molecule has 26 heavy (non-hydrogen) atoms. The maximum absolute atomic E-state index is 12.9. The Morgan fingerprint density at radius 2 is 1.92 bits per heavy atom. The van der Waals surface area contributed by atoms with Crippen LogP contribution < -0.4 is 5.32 Å². The fourth-order valence-corrected chi connectivity index (χ4v) is 2.36. The van der Waals surface area contributed by atoms with Gasteiger partial charge in [0.15, 0.2) is 5.60 Å². The maximum Gasteiger partial charge on any atom is 0.421 e. The number of nitrogens with zero attached hydrogens (tertiary/aromatic N) is 2. The van der Waals surface area contributed by atoms with Gasteiger partial charge in [0.25, 0.3) is 0 Å². The number of hydrogen-bond donors (Lipinski definition) is 3. The van der Waals surface area contributed by atoms with Gasteiger partial charge in [-0.15, -0.1) is 0 Å². The lowest BCUT2D eigenvalue weighted by Crippen LogP contribution is -2.39. The summed E-state index contributed by atoms with van der Waals surface area (Å²) in [5.74, 6) is 0. The first-order valence-corrected chi connectivity index (χ1v) is 8.23. The fraction of sp³-hybridized carbons (Fsp3) is 0.412. The quantitative estimate of drug-likeness (QED) is 0.656. The number of alkyl halides is 3. The second-order valence-corrected chi connectivity index (χ2v) is 6.51. The van der Waals surface area contributed by atoms with E-state index in [1.807, 2.05) is 0 Å². The molecule has 0 bridgehead atoms. The van der Waals surface area contributed by atoms with Crippen LogP contribution in [-0.2, 0) is 5.60 Å². The molecule has 2 heterocycles. The standard InChI is InChI=1S/C17H19ClF3N3O2/c1-10(25)5-6-22-14-7-15(18)24-9-12(14)13-4-3-11(8-23-13)16(2,26)17(19,20)21/h3-4,7-10,25-26H,5-6H2,1-2H3,(H,22,24)/t10-,16?/m1/s1. The summed E-state index contributed by atoms with van der Waals surface area (Å²) in [6.07, 6.45) is -2.36. The van der Waals surface area contributed by atoms with Crippen molar-refractivity contribution in [1.29, 1.82) is 0 Å². The van der Waals surface area contributed by atoms with Crippen molar-refractivity contribution in [2.45, 2.75) is 38.1 Å². The van der Waals surface area contributed by atoms with E-state index in [2.05, 4.69) is 15.3 Å². The number of rotatable bonds is 6. The summed E-state index contributed by atoms with van der Waals surface area (Å²) in [6, 6.07) is 4.12. The third-order valence-corrected chi connectivity index (χ3v) is 4.11. The van der Waals surface area contributed by atoms with Crippen molar-refractivity contribution in [2.24, 2.45) is 0 Å². The summed E-state index contributed by atoms with van der Waals surface area (Å²) < 4.78 is 38.8. The number of hydrogen-bond acceptors (Lipinski definition) is 5. The van der Waals surface area contributed by atoms with Gasteiger partial charge in [-0.25, -0.2) is 4.98 Å². The Morgan fingerprint density at radius 3 is 2.46 bits per heavy atom. The smallest absolute Gasteiger partial charge is 0.393 e. The van der Waals surface area contributed by atoms with Crippen molar-refractivity contribution in [3.05, 3.63) is 41.3 Å². The van der Waals surface area contributed by atoms with Crippen LogP contribution in [0.3, 0.4) is 0 Å². The maximum atomic E-state index is 12.9. The lowest BCUT2D eigenvalue weighted by molar-refractivity contribution is -0.259. The molecule has 0 spiro atoms. The highest BCUT2D eigenvalue weighted by Crippen LogP contribution is 2.38. The van der Waals surface area contributed by atoms with Crippen molar-refractivity contribution in [1.82, 2.24) is 9.97 Å². The lowest BCUT2D eigenvalue weighted by atomic mass is 9.96. The van der Waals surface area contributed by atoms with Crippen LogP contribution in [0.5, 0.6) is 0 Å². The molecule has 0 saturated heterocycles. The van der Waals surface area contributed by atoms with Crippen LogP contribution in [0, 0.1) is 0 Å². The van der Waals surface area contributed by atoms with Crippen LogP contribution in [-0.4, -0.2) is 39.0 Å². The van der Waals surface area contributed by atoms with Gasteiger partial charge in [-0.2, -0.15) is 13.2 Å². The van der Waals surface area contributed by atoms with Gasteiger partial charge in [0, 0.05) is 35.8 Å². The summed E-state index contributed by atoms with van der Waals surface area (Å²) in [5.41, 5.74) is -1.85. The Morgan fingerprint density at radius 1 is 1.23 bits per heavy atom. The first-order valence-electron chi connectivity index (χ1n) is 7.86. The van der Waals surface area contributed by atoms with Gasteiger partial charge in [-0.3, -0.25) is 4.98 Å². The Balaban J connectivity index is 2.31. The van der Waals surface area contributed by atoms with E-state index in [0.29, 0.717) is 36.8 Å². The lowest BCUT2D eigenvalue weighted by Gasteiger charge is -2.26. The predicted molar refractivity (Wildman–Crippen MR) is 92.9 cm³/mol. The highest BCUT2D eigenvalue weighted by molar-refractivity contribution is 6.29. The zero-order valence-corrected chi connectivity index (χ0v) is 14.9. The van der Waals surface area contributed by atoms with E-state index in [0.717, 1.165) is 6.20 Å². The van der Waals surface area contributed by atoms with Gasteiger partial charge >= 0.3 is 6.18 Å². The zero-order valence-electron chi connectivity index (χ0n) is 14.2. The average Bonchev–Trinajstić information content (AvgIpc) is 2.54. The molecule has 9 heteroatoms. The SMILES string of the molecule is C[C@@H](O)CCNc1cc(Cl)ncc1-c1ccc(C(C)(O)C(F)(F)F)cn1. The minimum atomic E-state index is -4.81. The van der Waals surface area contributed by atoms with Crippen molar-refractivity contribution < 1.29 is 23.4 Å². The highest BCUT2D eigenvalue weighted by Gasteiger charge is 2.51. The van der Waals surface area contributed by atoms with E-state index >= 15 is 0 Å². The molecule has 5 nitrogen and oxygen atoms in total. The first kappa shape index (κ1) is 20.4. The van der Waals surface area contributed by atoms with E-state index < -0.39 is 17.9 Å². The van der Waals surface area contributed by atoms with Crippen LogP contribution in [0.15, 0.2) is 30.6 Å². The molecule has 0 amide bonds. The summed E-state index contributed by atoms with van der Waals surface area (Å²) in [6.45, 7) is 2.80. The third kappa shape index (κ3) is 4.63. The molecule has 142 valence electrons. The van der Waals surface area contributed by atoms with Crippen LogP contribution in [0.2, 0.25) is 5.15 Å². The topological polar surface area (TPSA) is 78.3 Å². The van der Waals surface area contributed by atoms with E-state index in [1.165, 1.54) is 18.3 Å². The molecule has 2 atom stereocenters. The Kier molecular flexibility index (Phi) is 6.10. The normalized spacial score (nSPS) is 15.4. The molecular weight excluding hydrogens is 371 g/mol. The zero-order chi connectivity index (χ0) is 19.5. The third-order valence-electron chi connectivity index (χ3n) is 3.90.